The van der Waals surface area contributed by atoms with E-state index in [0.29, 0.717) is 18.6 Å². The zero-order chi connectivity index (χ0) is 24.8. The van der Waals surface area contributed by atoms with Gasteiger partial charge in [0.2, 0.25) is 5.91 Å². The van der Waals surface area contributed by atoms with Gasteiger partial charge in [0, 0.05) is 37.4 Å². The first kappa shape index (κ1) is 24.9. The van der Waals surface area contributed by atoms with E-state index in [1.165, 1.54) is 0 Å². The van der Waals surface area contributed by atoms with Gasteiger partial charge >= 0.3 is 0 Å². The number of benzene rings is 1. The van der Waals surface area contributed by atoms with Crippen molar-refractivity contribution in [3.63, 3.8) is 0 Å². The molecule has 4 rings (SSSR count). The summed E-state index contributed by atoms with van der Waals surface area (Å²) in [6.45, 7) is 3.46. The number of imidazole rings is 1. The molecule has 3 aromatic rings. The number of para-hydroxylation sites is 1. The van der Waals surface area contributed by atoms with Crippen LogP contribution in [0.25, 0.3) is 22.3 Å². The molecule has 186 valence electrons. The summed E-state index contributed by atoms with van der Waals surface area (Å²) in [5.41, 5.74) is 2.36. The van der Waals surface area contributed by atoms with E-state index < -0.39 is 0 Å². The van der Waals surface area contributed by atoms with Gasteiger partial charge in [-0.3, -0.25) is 9.59 Å². The number of nitrogens with one attached hydrogen (secondary N) is 2. The second-order valence-corrected chi connectivity index (χ2v) is 9.38. The molecule has 8 nitrogen and oxygen atoms in total. The molecule has 2 aromatic heterocycles. The molecule has 0 radical (unpaired) electrons. The third-order valence-corrected chi connectivity index (χ3v) is 6.69. The van der Waals surface area contributed by atoms with Crippen molar-refractivity contribution in [1.82, 2.24) is 25.2 Å². The van der Waals surface area contributed by atoms with Gasteiger partial charge in [-0.05, 0) is 32.0 Å². The molecule has 1 aliphatic heterocycles. The molecule has 8 heteroatoms. The lowest BCUT2D eigenvalue weighted by Gasteiger charge is -2.35. The number of Topliss-reactive ketones (excluding diaryl/α,β-unsaturated/α-hetero) is 1. The quantitative estimate of drug-likeness (QED) is 0.378. The predicted molar refractivity (Wildman–Crippen MR) is 136 cm³/mol. The molecule has 2 N–H and O–H groups in total. The monoisotopic (exact) mass is 477 g/mol. The molecular weight excluding hydrogens is 442 g/mol. The van der Waals surface area contributed by atoms with Crippen LogP contribution in [0.3, 0.4) is 0 Å². The SMILES string of the molecule is CCC(=O)CCCCC[C@H](NC(=O)C1CN(C)C1)c1ncc(-c2cc(OC)c3ccccc3n2)[nH]1. The van der Waals surface area contributed by atoms with Gasteiger partial charge in [0.1, 0.15) is 17.4 Å². The Morgan fingerprint density at radius 1 is 1.23 bits per heavy atom. The predicted octanol–water partition coefficient (Wildman–Crippen LogP) is 4.28. The Morgan fingerprint density at radius 3 is 2.77 bits per heavy atom. The van der Waals surface area contributed by atoms with Crippen LogP contribution < -0.4 is 10.1 Å². The summed E-state index contributed by atoms with van der Waals surface area (Å²) in [7, 11) is 3.67. The van der Waals surface area contributed by atoms with Crippen LogP contribution in [0.4, 0.5) is 0 Å². The minimum atomic E-state index is -0.216. The number of aromatic amines is 1. The van der Waals surface area contributed by atoms with Gasteiger partial charge < -0.3 is 19.9 Å². The first-order valence-corrected chi connectivity index (χ1v) is 12.5. The van der Waals surface area contributed by atoms with Gasteiger partial charge in [-0.1, -0.05) is 31.9 Å². The van der Waals surface area contributed by atoms with Gasteiger partial charge in [-0.25, -0.2) is 9.97 Å². The molecule has 3 heterocycles. The first-order valence-electron chi connectivity index (χ1n) is 12.5. The van der Waals surface area contributed by atoms with Gasteiger partial charge in [-0.15, -0.1) is 0 Å². The minimum absolute atomic E-state index is 0.0190. The van der Waals surface area contributed by atoms with Crippen LogP contribution in [0.15, 0.2) is 36.5 Å². The van der Waals surface area contributed by atoms with Crippen molar-refractivity contribution in [2.24, 2.45) is 5.92 Å². The molecule has 0 bridgehead atoms. The minimum Gasteiger partial charge on any atom is -0.496 e. The lowest BCUT2D eigenvalue weighted by molar-refractivity contribution is -0.130. The molecule has 1 aliphatic rings. The lowest BCUT2D eigenvalue weighted by atomic mass is 9.98. The number of aromatic nitrogens is 3. The third-order valence-electron chi connectivity index (χ3n) is 6.69. The van der Waals surface area contributed by atoms with Crippen LogP contribution in [0.5, 0.6) is 5.75 Å². The highest BCUT2D eigenvalue weighted by molar-refractivity contribution is 5.87. The summed E-state index contributed by atoms with van der Waals surface area (Å²) < 4.78 is 5.59. The van der Waals surface area contributed by atoms with Gasteiger partial charge in [0.05, 0.1) is 42.2 Å². The molecule has 35 heavy (non-hydrogen) atoms. The molecule has 0 unspecified atom stereocenters. The van der Waals surface area contributed by atoms with Crippen molar-refractivity contribution in [2.45, 2.75) is 51.5 Å². The number of amides is 1. The van der Waals surface area contributed by atoms with Crippen LogP contribution in [0.2, 0.25) is 0 Å². The Balaban J connectivity index is 1.50. The van der Waals surface area contributed by atoms with Crippen LogP contribution in [0.1, 0.15) is 57.3 Å². The fourth-order valence-electron chi connectivity index (χ4n) is 4.55. The molecule has 1 aromatic carbocycles. The van der Waals surface area contributed by atoms with E-state index in [1.54, 1.807) is 13.3 Å². The summed E-state index contributed by atoms with van der Waals surface area (Å²) in [6, 6.07) is 9.55. The summed E-state index contributed by atoms with van der Waals surface area (Å²) in [5, 5.41) is 4.17. The number of H-pyrrole nitrogens is 1. The maximum atomic E-state index is 12.8. The maximum Gasteiger partial charge on any atom is 0.226 e. The van der Waals surface area contributed by atoms with Crippen molar-refractivity contribution in [3.05, 3.63) is 42.4 Å². The van der Waals surface area contributed by atoms with Gasteiger partial charge in [0.25, 0.3) is 0 Å². The highest BCUT2D eigenvalue weighted by Gasteiger charge is 2.31. The Bertz CT molecular complexity index is 1170. The van der Waals surface area contributed by atoms with Crippen molar-refractivity contribution in [1.29, 1.82) is 0 Å². The van der Waals surface area contributed by atoms with Crippen molar-refractivity contribution < 1.29 is 14.3 Å². The lowest BCUT2D eigenvalue weighted by Crippen LogP contribution is -2.52. The number of ether oxygens (including phenoxy) is 1. The van der Waals surface area contributed by atoms with E-state index >= 15 is 0 Å². The van der Waals surface area contributed by atoms with Crippen LogP contribution in [-0.4, -0.2) is 58.8 Å². The highest BCUT2D eigenvalue weighted by atomic mass is 16.5. The number of carbonyl (C=O) groups excluding carboxylic acids is 2. The second kappa shape index (κ2) is 11.4. The van der Waals surface area contributed by atoms with Crippen molar-refractivity contribution >= 4 is 22.6 Å². The number of ketones is 1. The van der Waals surface area contributed by atoms with Gasteiger partial charge in [0.15, 0.2) is 0 Å². The average Bonchev–Trinajstić information content (AvgIpc) is 3.35. The highest BCUT2D eigenvalue weighted by Crippen LogP contribution is 2.30. The Hall–Kier alpha value is -3.26. The summed E-state index contributed by atoms with van der Waals surface area (Å²) in [5.74, 6) is 1.86. The van der Waals surface area contributed by atoms with Crippen LogP contribution >= 0.6 is 0 Å². The first-order chi connectivity index (χ1) is 17.0. The van der Waals surface area contributed by atoms with Crippen molar-refractivity contribution in [3.8, 4) is 17.1 Å². The number of pyridine rings is 1. The number of methoxy groups -OCH3 is 1. The molecule has 1 amide bonds. The number of fused-ring (bicyclic) bond motifs is 1. The normalized spacial score (nSPS) is 15.1. The van der Waals surface area contributed by atoms with E-state index in [4.69, 9.17) is 9.72 Å². The molecular formula is C27H35N5O3. The number of nitrogens with zero attached hydrogens (tertiary/aromatic N) is 3. The number of hydrogen-bond donors (Lipinski definition) is 2. The Labute approximate surface area is 206 Å². The number of rotatable bonds is 12. The average molecular weight is 478 g/mol. The third kappa shape index (κ3) is 6.06. The maximum absolute atomic E-state index is 12.8. The molecule has 1 atom stereocenters. The molecule has 1 fully saturated rings. The Kier molecular flexibility index (Phi) is 8.13. The summed E-state index contributed by atoms with van der Waals surface area (Å²) in [4.78, 5) is 39.3. The fourth-order valence-corrected chi connectivity index (χ4v) is 4.55. The fraction of sp³-hybridized carbons (Fsp3) is 0.481. The smallest absolute Gasteiger partial charge is 0.226 e. The van der Waals surface area contributed by atoms with Crippen molar-refractivity contribution in [2.75, 3.05) is 27.2 Å². The summed E-state index contributed by atoms with van der Waals surface area (Å²) >= 11 is 0. The number of likely N-dealkylation sites (tertiary alicyclic amines) is 1. The molecule has 0 aliphatic carbocycles. The van der Waals surface area contributed by atoms with E-state index in [0.717, 1.165) is 72.6 Å². The number of unbranched alkanes of at least 4 members (excludes halogenated alkanes) is 2. The van der Waals surface area contributed by atoms with E-state index in [2.05, 4.69) is 20.2 Å². The zero-order valence-corrected chi connectivity index (χ0v) is 20.8. The van der Waals surface area contributed by atoms with Gasteiger partial charge in [-0.2, -0.15) is 0 Å². The number of hydrogen-bond acceptors (Lipinski definition) is 6. The zero-order valence-electron chi connectivity index (χ0n) is 20.8. The van der Waals surface area contributed by atoms with Crippen LogP contribution in [0, 0.1) is 5.92 Å². The molecule has 1 saturated heterocycles. The molecule has 0 spiro atoms. The molecule has 0 saturated carbocycles. The Morgan fingerprint density at radius 2 is 2.03 bits per heavy atom. The largest absolute Gasteiger partial charge is 0.496 e. The van der Waals surface area contributed by atoms with E-state index in [1.807, 2.05) is 44.3 Å². The van der Waals surface area contributed by atoms with Crippen LogP contribution in [-0.2, 0) is 9.59 Å². The second-order valence-electron chi connectivity index (χ2n) is 9.38. The number of carbonyl (C=O) groups is 2. The van der Waals surface area contributed by atoms with E-state index in [9.17, 15) is 9.59 Å². The standard InChI is InChI=1S/C27H35N5O3/c1-4-19(33)10-6-5-7-13-22(31-27(34)18-16-32(2)17-18)26-28-15-24(30-26)23-14-25(35-3)20-11-8-9-12-21(20)29-23/h8-9,11-12,14-15,18,22H,4-7,10,13,16-17H2,1-3H3,(H,28,30)(H,31,34)/t22-/m0/s1. The van der Waals surface area contributed by atoms with E-state index in [-0.39, 0.29) is 17.9 Å². The summed E-state index contributed by atoms with van der Waals surface area (Å²) in [6.07, 6.45) is 6.48. The topological polar surface area (TPSA) is 100 Å².